The van der Waals surface area contributed by atoms with Gasteiger partial charge in [0.1, 0.15) is 11.1 Å². The maximum atomic E-state index is 13.2. The summed E-state index contributed by atoms with van der Waals surface area (Å²) >= 11 is 2.74. The molecular formula is C30H27N3O4S2. The van der Waals surface area contributed by atoms with Crippen molar-refractivity contribution in [3.63, 3.8) is 0 Å². The van der Waals surface area contributed by atoms with Gasteiger partial charge >= 0.3 is 0 Å². The predicted molar refractivity (Wildman–Crippen MR) is 157 cm³/mol. The highest BCUT2D eigenvalue weighted by atomic mass is 32.2. The lowest BCUT2D eigenvalue weighted by Crippen LogP contribution is -2.24. The molecule has 2 N–H and O–H groups in total. The molecule has 198 valence electrons. The Bertz CT molecular complexity index is 1510. The van der Waals surface area contributed by atoms with E-state index in [1.807, 2.05) is 60.8 Å². The van der Waals surface area contributed by atoms with Crippen LogP contribution in [0.5, 0.6) is 11.5 Å². The Kier molecular flexibility index (Phi) is 9.26. The first kappa shape index (κ1) is 27.8. The summed E-state index contributed by atoms with van der Waals surface area (Å²) in [5.41, 5.74) is 3.22. The maximum absolute atomic E-state index is 13.2. The molecule has 0 fully saturated rings. The zero-order chi connectivity index (χ0) is 27.8. The van der Waals surface area contributed by atoms with Crippen LogP contribution in [0, 0.1) is 11.3 Å². The molecule has 0 bridgehead atoms. The summed E-state index contributed by atoms with van der Waals surface area (Å²) in [7, 11) is 3.05. The lowest BCUT2D eigenvalue weighted by atomic mass is 10.1. The summed E-state index contributed by atoms with van der Waals surface area (Å²) in [6.45, 7) is 1.94. The molecule has 4 rings (SSSR count). The third-order valence-corrected chi connectivity index (χ3v) is 8.16. The minimum Gasteiger partial charge on any atom is -0.493 e. The molecule has 7 nitrogen and oxygen atoms in total. The highest BCUT2D eigenvalue weighted by Gasteiger charge is 2.22. The van der Waals surface area contributed by atoms with Crippen molar-refractivity contribution >= 4 is 45.6 Å². The van der Waals surface area contributed by atoms with Gasteiger partial charge in [0.2, 0.25) is 5.91 Å². The highest BCUT2D eigenvalue weighted by molar-refractivity contribution is 8.00. The van der Waals surface area contributed by atoms with Gasteiger partial charge in [-0.05, 0) is 48.4 Å². The van der Waals surface area contributed by atoms with E-state index in [0.29, 0.717) is 39.7 Å². The average Bonchev–Trinajstić information content (AvgIpc) is 3.38. The zero-order valence-electron chi connectivity index (χ0n) is 21.7. The van der Waals surface area contributed by atoms with E-state index in [0.717, 1.165) is 16.0 Å². The van der Waals surface area contributed by atoms with Crippen molar-refractivity contribution in [2.75, 3.05) is 24.9 Å². The fourth-order valence-electron chi connectivity index (χ4n) is 3.90. The van der Waals surface area contributed by atoms with Crippen molar-refractivity contribution in [1.82, 2.24) is 0 Å². The van der Waals surface area contributed by atoms with Crippen LogP contribution in [0.3, 0.4) is 0 Å². The number of thiophene rings is 1. The Labute approximate surface area is 235 Å². The van der Waals surface area contributed by atoms with E-state index in [4.69, 9.17) is 9.47 Å². The molecule has 9 heteroatoms. The Morgan fingerprint density at radius 2 is 1.74 bits per heavy atom. The van der Waals surface area contributed by atoms with Crippen LogP contribution in [0.1, 0.15) is 29.3 Å². The summed E-state index contributed by atoms with van der Waals surface area (Å²) in [4.78, 5) is 26.9. The lowest BCUT2D eigenvalue weighted by molar-refractivity contribution is -0.115. The monoisotopic (exact) mass is 557 g/mol. The fraction of sp³-hybridized carbons (Fsp3) is 0.167. The largest absolute Gasteiger partial charge is 0.493 e. The van der Waals surface area contributed by atoms with Crippen LogP contribution in [0.15, 0.2) is 83.1 Å². The predicted octanol–water partition coefficient (Wildman–Crippen LogP) is 7.07. The molecule has 0 aliphatic carbocycles. The summed E-state index contributed by atoms with van der Waals surface area (Å²) in [6, 6.07) is 24.2. The number of hydrogen-bond donors (Lipinski definition) is 2. The molecule has 2 amide bonds. The Morgan fingerprint density at radius 1 is 0.974 bits per heavy atom. The van der Waals surface area contributed by atoms with Crippen molar-refractivity contribution in [3.05, 3.63) is 89.3 Å². The molecule has 1 heterocycles. The summed E-state index contributed by atoms with van der Waals surface area (Å²) in [6.07, 6.45) is 0.581. The number of amides is 2. The number of carbonyl (C=O) groups is 2. The number of ether oxygens (including phenoxy) is 2. The molecule has 3 aromatic carbocycles. The molecule has 0 aliphatic heterocycles. The molecule has 4 aromatic rings. The minimum atomic E-state index is -0.393. The van der Waals surface area contributed by atoms with Gasteiger partial charge in [-0.2, -0.15) is 5.26 Å². The maximum Gasteiger partial charge on any atom is 0.255 e. The number of nitriles is 1. The van der Waals surface area contributed by atoms with E-state index in [2.05, 4.69) is 16.7 Å². The number of thioether (sulfide) groups is 1. The Morgan fingerprint density at radius 3 is 2.44 bits per heavy atom. The van der Waals surface area contributed by atoms with E-state index in [-0.39, 0.29) is 11.8 Å². The molecule has 0 saturated heterocycles. The normalized spacial score (nSPS) is 11.2. The molecule has 0 spiro atoms. The van der Waals surface area contributed by atoms with E-state index in [1.54, 1.807) is 24.3 Å². The van der Waals surface area contributed by atoms with Crippen LogP contribution in [0.2, 0.25) is 0 Å². The molecule has 0 aliphatic rings. The second-order valence-corrected chi connectivity index (χ2v) is 10.5. The van der Waals surface area contributed by atoms with Gasteiger partial charge in [0.15, 0.2) is 11.5 Å². The first-order chi connectivity index (χ1) is 19.0. The van der Waals surface area contributed by atoms with E-state index >= 15 is 0 Å². The van der Waals surface area contributed by atoms with Crippen molar-refractivity contribution in [3.8, 4) is 28.7 Å². The van der Waals surface area contributed by atoms with Gasteiger partial charge in [0, 0.05) is 27.1 Å². The SMILES string of the molecule is CCC(Sc1cccc(NC(=O)c2ccc(OC)c(OC)c2)c1)C(=O)Nc1scc(-c2ccccc2)c1C#N. The first-order valence-corrected chi connectivity index (χ1v) is 13.9. The van der Waals surface area contributed by atoms with Gasteiger partial charge in [0.25, 0.3) is 5.91 Å². The number of methoxy groups -OCH3 is 2. The van der Waals surface area contributed by atoms with Crippen molar-refractivity contribution in [2.45, 2.75) is 23.5 Å². The van der Waals surface area contributed by atoms with E-state index < -0.39 is 5.25 Å². The Hall–Kier alpha value is -4.26. The minimum absolute atomic E-state index is 0.180. The summed E-state index contributed by atoms with van der Waals surface area (Å²) in [5.74, 6) is 0.531. The second kappa shape index (κ2) is 13.0. The van der Waals surface area contributed by atoms with E-state index in [1.165, 1.54) is 37.3 Å². The lowest BCUT2D eigenvalue weighted by Gasteiger charge is -2.15. The molecule has 1 aromatic heterocycles. The van der Waals surface area contributed by atoms with Crippen LogP contribution >= 0.6 is 23.1 Å². The molecule has 0 radical (unpaired) electrons. The topological polar surface area (TPSA) is 100 Å². The van der Waals surface area contributed by atoms with Crippen LogP contribution in [0.25, 0.3) is 11.1 Å². The number of nitrogens with zero attached hydrogens (tertiary/aromatic N) is 1. The van der Waals surface area contributed by atoms with Gasteiger partial charge in [-0.25, -0.2) is 0 Å². The third kappa shape index (κ3) is 6.60. The number of benzene rings is 3. The standard InChI is InChI=1S/C30H27N3O4S2/c1-4-27(29(35)33-30-23(17-31)24(18-38-30)19-9-6-5-7-10-19)39-22-12-8-11-21(16-22)32-28(34)20-13-14-25(36-2)26(15-20)37-3/h5-16,18,27H,4H2,1-3H3,(H,32,34)(H,33,35). The van der Waals surface area contributed by atoms with Crippen molar-refractivity contribution in [2.24, 2.45) is 0 Å². The van der Waals surface area contributed by atoms with Gasteiger partial charge in [0.05, 0.1) is 25.0 Å². The van der Waals surface area contributed by atoms with E-state index in [9.17, 15) is 14.9 Å². The Balaban J connectivity index is 1.45. The van der Waals surface area contributed by atoms with Gasteiger partial charge in [-0.3, -0.25) is 9.59 Å². The number of rotatable bonds is 10. The number of carbonyl (C=O) groups excluding carboxylic acids is 2. The zero-order valence-corrected chi connectivity index (χ0v) is 23.3. The number of anilines is 2. The molecule has 1 atom stereocenters. The first-order valence-electron chi connectivity index (χ1n) is 12.1. The highest BCUT2D eigenvalue weighted by Crippen LogP contribution is 2.36. The molecular weight excluding hydrogens is 530 g/mol. The summed E-state index contributed by atoms with van der Waals surface area (Å²) < 4.78 is 10.5. The summed E-state index contributed by atoms with van der Waals surface area (Å²) in [5, 5.41) is 17.7. The van der Waals surface area contributed by atoms with Crippen molar-refractivity contribution < 1.29 is 19.1 Å². The number of hydrogen-bond acceptors (Lipinski definition) is 7. The second-order valence-electron chi connectivity index (χ2n) is 8.39. The van der Waals surface area contributed by atoms with Crippen LogP contribution in [-0.2, 0) is 4.79 Å². The third-order valence-electron chi connectivity index (χ3n) is 5.90. The van der Waals surface area contributed by atoms with Gasteiger partial charge in [-0.1, -0.05) is 43.3 Å². The van der Waals surface area contributed by atoms with Crippen LogP contribution < -0.4 is 20.1 Å². The molecule has 0 saturated carbocycles. The van der Waals surface area contributed by atoms with Crippen molar-refractivity contribution in [1.29, 1.82) is 5.26 Å². The quantitative estimate of drug-likeness (QED) is 0.202. The van der Waals surface area contributed by atoms with Gasteiger partial charge < -0.3 is 20.1 Å². The van der Waals surface area contributed by atoms with Crippen LogP contribution in [0.4, 0.5) is 10.7 Å². The average molecular weight is 558 g/mol. The van der Waals surface area contributed by atoms with Gasteiger partial charge in [-0.15, -0.1) is 23.1 Å². The number of nitrogens with one attached hydrogen (secondary N) is 2. The smallest absolute Gasteiger partial charge is 0.255 e. The molecule has 39 heavy (non-hydrogen) atoms. The fourth-order valence-corrected chi connectivity index (χ4v) is 5.83. The van der Waals surface area contributed by atoms with Crippen LogP contribution in [-0.4, -0.2) is 31.3 Å². The molecule has 1 unspecified atom stereocenters.